The predicted molar refractivity (Wildman–Crippen MR) is 81.1 cm³/mol. The lowest BCUT2D eigenvalue weighted by atomic mass is 9.63. The molecule has 0 heterocycles. The van der Waals surface area contributed by atoms with Crippen molar-refractivity contribution in [3.63, 3.8) is 0 Å². The molecule has 2 aliphatic rings. The van der Waals surface area contributed by atoms with Crippen LogP contribution in [0.4, 0.5) is 0 Å². The first-order valence-electron chi connectivity index (χ1n) is 8.21. The predicted octanol–water partition coefficient (Wildman–Crippen LogP) is 3.73. The van der Waals surface area contributed by atoms with Crippen LogP contribution in [-0.2, 0) is 0 Å². The summed E-state index contributed by atoms with van der Waals surface area (Å²) >= 11 is 0. The molecule has 19 heavy (non-hydrogen) atoms. The molecule has 2 fully saturated rings. The van der Waals surface area contributed by atoms with Crippen LogP contribution in [-0.4, -0.2) is 23.3 Å². The van der Waals surface area contributed by atoms with E-state index >= 15 is 0 Å². The van der Waals surface area contributed by atoms with Gasteiger partial charge in [0.1, 0.15) is 0 Å². The Bertz CT molecular complexity index is 302. The van der Waals surface area contributed by atoms with Crippen LogP contribution in [0.2, 0.25) is 0 Å². The third-order valence-corrected chi connectivity index (χ3v) is 6.40. The molecule has 2 unspecified atom stereocenters. The molecule has 0 spiro atoms. The molecule has 2 aliphatic carbocycles. The minimum absolute atomic E-state index is 0.0690. The summed E-state index contributed by atoms with van der Waals surface area (Å²) in [4.78, 5) is 0. The van der Waals surface area contributed by atoms with Gasteiger partial charge in [0, 0.05) is 17.5 Å². The molecule has 2 nitrogen and oxygen atoms in total. The van der Waals surface area contributed by atoms with Crippen molar-refractivity contribution >= 4 is 0 Å². The van der Waals surface area contributed by atoms with Crippen molar-refractivity contribution in [3.8, 4) is 0 Å². The Morgan fingerprint density at radius 3 is 2.16 bits per heavy atom. The van der Waals surface area contributed by atoms with Crippen LogP contribution in [0.15, 0.2) is 0 Å². The molecule has 2 rings (SSSR count). The van der Waals surface area contributed by atoms with Crippen molar-refractivity contribution in [3.05, 3.63) is 0 Å². The van der Waals surface area contributed by atoms with Gasteiger partial charge in [-0.3, -0.25) is 0 Å². The van der Waals surface area contributed by atoms with Crippen molar-refractivity contribution in [1.82, 2.24) is 5.32 Å². The van der Waals surface area contributed by atoms with E-state index in [2.05, 4.69) is 39.9 Å². The molecule has 0 aromatic heterocycles. The molecule has 2 saturated carbocycles. The van der Waals surface area contributed by atoms with Gasteiger partial charge < -0.3 is 10.4 Å². The van der Waals surface area contributed by atoms with Gasteiger partial charge in [-0.25, -0.2) is 0 Å². The molecular formula is C17H33NO. The first kappa shape index (κ1) is 15.3. The average Bonchev–Trinajstić information content (AvgIpc) is 2.39. The van der Waals surface area contributed by atoms with E-state index in [9.17, 15) is 5.11 Å². The maximum absolute atomic E-state index is 9.82. The van der Waals surface area contributed by atoms with Crippen LogP contribution in [0.25, 0.3) is 0 Å². The Hall–Kier alpha value is -0.0800. The molecule has 0 bridgehead atoms. The summed E-state index contributed by atoms with van der Waals surface area (Å²) in [5.41, 5.74) is 0.580. The van der Waals surface area contributed by atoms with Crippen molar-refractivity contribution in [2.45, 2.75) is 91.3 Å². The van der Waals surface area contributed by atoms with Crippen molar-refractivity contribution < 1.29 is 5.11 Å². The van der Waals surface area contributed by atoms with Crippen LogP contribution >= 0.6 is 0 Å². The molecular weight excluding hydrogens is 234 g/mol. The van der Waals surface area contributed by atoms with Crippen LogP contribution in [0.3, 0.4) is 0 Å². The van der Waals surface area contributed by atoms with Gasteiger partial charge in [-0.15, -0.1) is 0 Å². The van der Waals surface area contributed by atoms with E-state index < -0.39 is 0 Å². The topological polar surface area (TPSA) is 32.3 Å². The molecule has 2 N–H and O–H groups in total. The van der Waals surface area contributed by atoms with E-state index in [1.165, 1.54) is 32.1 Å². The monoisotopic (exact) mass is 267 g/mol. The van der Waals surface area contributed by atoms with E-state index in [1.54, 1.807) is 0 Å². The standard InChI is InChI=1S/C17H33NO/c1-6-16(2,3)12-7-9-13(10-8-12)18-14-11-15(19)17(14,4)5/h12-15,18-19H,6-11H2,1-5H3. The zero-order valence-corrected chi connectivity index (χ0v) is 13.5. The Morgan fingerprint density at radius 2 is 1.74 bits per heavy atom. The summed E-state index contributed by atoms with van der Waals surface area (Å²) in [7, 11) is 0. The third-order valence-electron chi connectivity index (χ3n) is 6.40. The Balaban J connectivity index is 1.79. The molecule has 0 aromatic carbocycles. The van der Waals surface area contributed by atoms with Gasteiger partial charge >= 0.3 is 0 Å². The minimum Gasteiger partial charge on any atom is -0.392 e. The summed E-state index contributed by atoms with van der Waals surface area (Å²) in [5.74, 6) is 0.899. The summed E-state index contributed by atoms with van der Waals surface area (Å²) in [5, 5.41) is 13.6. The van der Waals surface area contributed by atoms with Gasteiger partial charge in [0.2, 0.25) is 0 Å². The Labute approximate surface area is 119 Å². The van der Waals surface area contributed by atoms with Gasteiger partial charge in [-0.2, -0.15) is 0 Å². The quantitative estimate of drug-likeness (QED) is 0.813. The second-order valence-corrected chi connectivity index (χ2v) is 8.18. The zero-order chi connectivity index (χ0) is 14.3. The van der Waals surface area contributed by atoms with E-state index in [0.29, 0.717) is 17.5 Å². The van der Waals surface area contributed by atoms with Gasteiger partial charge in [0.15, 0.2) is 0 Å². The lowest BCUT2D eigenvalue weighted by Gasteiger charge is -2.51. The number of nitrogens with one attached hydrogen (secondary N) is 1. The molecule has 0 radical (unpaired) electrons. The second kappa shape index (κ2) is 5.37. The third kappa shape index (κ3) is 3.00. The molecule has 0 amide bonds. The van der Waals surface area contributed by atoms with Gasteiger partial charge in [0.05, 0.1) is 6.10 Å². The van der Waals surface area contributed by atoms with Crippen molar-refractivity contribution in [1.29, 1.82) is 0 Å². The van der Waals surface area contributed by atoms with E-state index in [4.69, 9.17) is 0 Å². The van der Waals surface area contributed by atoms with Gasteiger partial charge in [-0.05, 0) is 43.4 Å². The maximum atomic E-state index is 9.82. The van der Waals surface area contributed by atoms with Crippen LogP contribution in [0.5, 0.6) is 0 Å². The highest BCUT2D eigenvalue weighted by molar-refractivity contribution is 5.03. The Morgan fingerprint density at radius 1 is 1.16 bits per heavy atom. The highest BCUT2D eigenvalue weighted by Gasteiger charge is 2.48. The Kier molecular flexibility index (Phi) is 4.32. The highest BCUT2D eigenvalue weighted by atomic mass is 16.3. The number of rotatable bonds is 4. The minimum atomic E-state index is -0.111. The lowest BCUT2D eigenvalue weighted by Crippen LogP contribution is -2.62. The zero-order valence-electron chi connectivity index (χ0n) is 13.5. The van der Waals surface area contributed by atoms with Crippen molar-refractivity contribution in [2.24, 2.45) is 16.7 Å². The SMILES string of the molecule is CCC(C)(C)C1CCC(NC2CC(O)C2(C)C)CC1. The van der Waals surface area contributed by atoms with E-state index in [1.807, 2.05) is 0 Å². The molecule has 0 saturated heterocycles. The van der Waals surface area contributed by atoms with Crippen molar-refractivity contribution in [2.75, 3.05) is 0 Å². The van der Waals surface area contributed by atoms with E-state index in [-0.39, 0.29) is 11.5 Å². The number of aliphatic hydroxyl groups is 1. The summed E-state index contributed by atoms with van der Waals surface area (Å²) in [6.45, 7) is 11.5. The summed E-state index contributed by atoms with van der Waals surface area (Å²) in [6, 6.07) is 1.20. The van der Waals surface area contributed by atoms with E-state index in [0.717, 1.165) is 12.3 Å². The fourth-order valence-electron chi connectivity index (χ4n) is 3.80. The smallest absolute Gasteiger partial charge is 0.0621 e. The van der Waals surface area contributed by atoms with Crippen LogP contribution in [0, 0.1) is 16.7 Å². The normalized spacial score (nSPS) is 38.8. The first-order valence-corrected chi connectivity index (χ1v) is 8.21. The molecule has 112 valence electrons. The average molecular weight is 267 g/mol. The fourth-order valence-corrected chi connectivity index (χ4v) is 3.80. The van der Waals surface area contributed by atoms with Gasteiger partial charge in [0.25, 0.3) is 0 Å². The highest BCUT2D eigenvalue weighted by Crippen LogP contribution is 2.43. The number of hydrogen-bond donors (Lipinski definition) is 2. The first-order chi connectivity index (χ1) is 8.77. The number of hydrogen-bond acceptors (Lipinski definition) is 2. The molecule has 0 aliphatic heterocycles. The molecule has 2 heteroatoms. The molecule has 0 aromatic rings. The van der Waals surface area contributed by atoms with Gasteiger partial charge in [-0.1, -0.05) is 41.0 Å². The second-order valence-electron chi connectivity index (χ2n) is 8.18. The van der Waals surface area contributed by atoms with Crippen LogP contribution < -0.4 is 5.32 Å². The summed E-state index contributed by atoms with van der Waals surface area (Å²) < 4.78 is 0. The molecule has 2 atom stereocenters. The lowest BCUT2D eigenvalue weighted by molar-refractivity contribution is -0.0779. The maximum Gasteiger partial charge on any atom is 0.0621 e. The number of aliphatic hydroxyl groups excluding tert-OH is 1. The largest absolute Gasteiger partial charge is 0.392 e. The van der Waals surface area contributed by atoms with Crippen LogP contribution in [0.1, 0.15) is 73.1 Å². The fraction of sp³-hybridized carbons (Fsp3) is 1.00. The summed E-state index contributed by atoms with van der Waals surface area (Å²) in [6.07, 6.45) is 7.49.